The number of nitrogens with zero attached hydrogens (tertiary/aromatic N) is 1. The quantitative estimate of drug-likeness (QED) is 0.912. The van der Waals surface area contributed by atoms with Gasteiger partial charge in [0.15, 0.2) is 0 Å². The highest BCUT2D eigenvalue weighted by molar-refractivity contribution is 5.40. The molecule has 21 heavy (non-hydrogen) atoms. The van der Waals surface area contributed by atoms with Crippen LogP contribution in [0.5, 0.6) is 5.75 Å². The molecule has 112 valence electrons. The maximum absolute atomic E-state index is 5.44. The summed E-state index contributed by atoms with van der Waals surface area (Å²) in [6.07, 6.45) is 4.53. The second kappa shape index (κ2) is 6.72. The summed E-state index contributed by atoms with van der Waals surface area (Å²) in [5.74, 6) is 0.833. The summed E-state index contributed by atoms with van der Waals surface area (Å²) in [6.45, 7) is 6.52. The molecule has 3 heteroatoms. The van der Waals surface area contributed by atoms with Crippen LogP contribution in [-0.2, 0) is 6.42 Å². The highest BCUT2D eigenvalue weighted by Gasteiger charge is 2.17. The third-order valence-electron chi connectivity index (χ3n) is 4.01. The van der Waals surface area contributed by atoms with E-state index in [-0.39, 0.29) is 6.04 Å². The second-order valence-corrected chi connectivity index (χ2v) is 5.54. The van der Waals surface area contributed by atoms with Gasteiger partial charge < -0.3 is 10.1 Å². The van der Waals surface area contributed by atoms with Gasteiger partial charge in [-0.25, -0.2) is 0 Å². The standard InChI is InChI=1S/C18H24N2O/c1-12-8-13(2)16(14(3)9-12)10-17(19-4)15-6-7-20-11-18(15)21-5/h6-9,11,17,19H,10H2,1-5H3. The lowest BCUT2D eigenvalue weighted by Crippen LogP contribution is -2.20. The van der Waals surface area contributed by atoms with Crippen LogP contribution >= 0.6 is 0 Å². The number of aryl methyl sites for hydroxylation is 3. The van der Waals surface area contributed by atoms with Gasteiger partial charge in [0.05, 0.1) is 13.3 Å². The van der Waals surface area contributed by atoms with Gasteiger partial charge in [0, 0.05) is 17.8 Å². The van der Waals surface area contributed by atoms with Crippen molar-refractivity contribution >= 4 is 0 Å². The summed E-state index contributed by atoms with van der Waals surface area (Å²) >= 11 is 0. The van der Waals surface area contributed by atoms with Crippen molar-refractivity contribution in [1.82, 2.24) is 10.3 Å². The Hall–Kier alpha value is -1.87. The predicted octanol–water partition coefficient (Wildman–Crippen LogP) is 3.52. The van der Waals surface area contributed by atoms with Gasteiger partial charge in [0.25, 0.3) is 0 Å². The van der Waals surface area contributed by atoms with Gasteiger partial charge in [-0.3, -0.25) is 4.98 Å². The molecule has 0 aliphatic rings. The van der Waals surface area contributed by atoms with Gasteiger partial charge in [-0.15, -0.1) is 0 Å². The number of hydrogen-bond acceptors (Lipinski definition) is 3. The summed E-state index contributed by atoms with van der Waals surface area (Å²) in [7, 11) is 3.68. The first kappa shape index (κ1) is 15.5. The number of likely N-dealkylation sites (N-methyl/N-ethyl adjacent to an activating group) is 1. The summed E-state index contributed by atoms with van der Waals surface area (Å²) < 4.78 is 5.44. The zero-order valence-electron chi connectivity index (χ0n) is 13.5. The number of rotatable bonds is 5. The highest BCUT2D eigenvalue weighted by Crippen LogP contribution is 2.28. The van der Waals surface area contributed by atoms with E-state index in [1.807, 2.05) is 19.3 Å². The molecular weight excluding hydrogens is 260 g/mol. The van der Waals surface area contributed by atoms with Crippen LogP contribution in [0.1, 0.15) is 33.9 Å². The molecule has 0 aliphatic carbocycles. The zero-order valence-corrected chi connectivity index (χ0v) is 13.5. The van der Waals surface area contributed by atoms with Gasteiger partial charge in [-0.05, 0) is 57.0 Å². The maximum atomic E-state index is 5.44. The third kappa shape index (κ3) is 3.42. The molecule has 1 N–H and O–H groups in total. The monoisotopic (exact) mass is 284 g/mol. The number of benzene rings is 1. The number of aromatic nitrogens is 1. The Bertz CT molecular complexity index is 599. The van der Waals surface area contributed by atoms with Crippen LogP contribution in [0, 0.1) is 20.8 Å². The SMILES string of the molecule is CNC(Cc1c(C)cc(C)cc1C)c1ccncc1OC. The molecular formula is C18H24N2O. The topological polar surface area (TPSA) is 34.2 Å². The van der Waals surface area contributed by atoms with E-state index < -0.39 is 0 Å². The first-order valence-electron chi connectivity index (χ1n) is 7.28. The lowest BCUT2D eigenvalue weighted by molar-refractivity contribution is 0.399. The average molecular weight is 284 g/mol. The van der Waals surface area contributed by atoms with E-state index in [1.165, 1.54) is 22.3 Å². The molecule has 1 heterocycles. The molecule has 0 saturated carbocycles. The minimum atomic E-state index is 0.211. The Morgan fingerprint density at radius 3 is 2.43 bits per heavy atom. The fraction of sp³-hybridized carbons (Fsp3) is 0.389. The van der Waals surface area contributed by atoms with Gasteiger partial charge in [-0.1, -0.05) is 17.7 Å². The van der Waals surface area contributed by atoms with E-state index >= 15 is 0 Å². The Morgan fingerprint density at radius 2 is 1.86 bits per heavy atom. The minimum absolute atomic E-state index is 0.211. The molecule has 2 rings (SSSR count). The molecule has 2 aromatic rings. The average Bonchev–Trinajstić information content (AvgIpc) is 2.46. The molecule has 0 bridgehead atoms. The number of pyridine rings is 1. The van der Waals surface area contributed by atoms with Crippen molar-refractivity contribution in [3.8, 4) is 5.75 Å². The molecule has 1 unspecified atom stereocenters. The normalized spacial score (nSPS) is 12.2. The first-order valence-corrected chi connectivity index (χ1v) is 7.28. The van der Waals surface area contributed by atoms with Crippen LogP contribution in [0.15, 0.2) is 30.6 Å². The van der Waals surface area contributed by atoms with Crippen molar-refractivity contribution in [2.24, 2.45) is 0 Å². The lowest BCUT2D eigenvalue weighted by Gasteiger charge is -2.21. The van der Waals surface area contributed by atoms with Crippen LogP contribution < -0.4 is 10.1 Å². The molecule has 0 fully saturated rings. The maximum Gasteiger partial charge on any atom is 0.141 e. The Labute approximate surface area is 127 Å². The zero-order chi connectivity index (χ0) is 15.4. The molecule has 1 aromatic carbocycles. The fourth-order valence-electron chi connectivity index (χ4n) is 2.95. The molecule has 1 aromatic heterocycles. The van der Waals surface area contributed by atoms with Crippen LogP contribution in [0.2, 0.25) is 0 Å². The van der Waals surface area contributed by atoms with Crippen LogP contribution in [-0.4, -0.2) is 19.1 Å². The predicted molar refractivity (Wildman–Crippen MR) is 86.9 cm³/mol. The first-order chi connectivity index (χ1) is 10.1. The van der Waals surface area contributed by atoms with Gasteiger partial charge in [0.1, 0.15) is 5.75 Å². The van der Waals surface area contributed by atoms with E-state index in [1.54, 1.807) is 13.3 Å². The van der Waals surface area contributed by atoms with Gasteiger partial charge >= 0.3 is 0 Å². The molecule has 0 aliphatic heterocycles. The summed E-state index contributed by atoms with van der Waals surface area (Å²) in [4.78, 5) is 4.13. The second-order valence-electron chi connectivity index (χ2n) is 5.54. The van der Waals surface area contributed by atoms with E-state index in [9.17, 15) is 0 Å². The van der Waals surface area contributed by atoms with E-state index in [0.29, 0.717) is 0 Å². The van der Waals surface area contributed by atoms with Crippen LogP contribution in [0.4, 0.5) is 0 Å². The molecule has 0 spiro atoms. The van der Waals surface area contributed by atoms with E-state index in [0.717, 1.165) is 17.7 Å². The van der Waals surface area contributed by atoms with Gasteiger partial charge in [0.2, 0.25) is 0 Å². The van der Waals surface area contributed by atoms with Crippen molar-refractivity contribution < 1.29 is 4.74 Å². The number of methoxy groups -OCH3 is 1. The Balaban J connectivity index is 2.36. The number of hydrogen-bond donors (Lipinski definition) is 1. The van der Waals surface area contributed by atoms with Crippen molar-refractivity contribution in [2.75, 3.05) is 14.2 Å². The largest absolute Gasteiger partial charge is 0.495 e. The van der Waals surface area contributed by atoms with Crippen molar-refractivity contribution in [2.45, 2.75) is 33.2 Å². The molecule has 3 nitrogen and oxygen atoms in total. The summed E-state index contributed by atoms with van der Waals surface area (Å²) in [5.41, 5.74) is 6.56. The number of nitrogens with one attached hydrogen (secondary N) is 1. The van der Waals surface area contributed by atoms with Crippen LogP contribution in [0.3, 0.4) is 0 Å². The minimum Gasteiger partial charge on any atom is -0.495 e. The fourth-order valence-corrected chi connectivity index (χ4v) is 2.95. The molecule has 0 saturated heterocycles. The molecule has 1 atom stereocenters. The third-order valence-corrected chi connectivity index (χ3v) is 4.01. The van der Waals surface area contributed by atoms with E-state index in [2.05, 4.69) is 43.2 Å². The van der Waals surface area contributed by atoms with Crippen molar-refractivity contribution in [1.29, 1.82) is 0 Å². The van der Waals surface area contributed by atoms with E-state index in [4.69, 9.17) is 4.74 Å². The van der Waals surface area contributed by atoms with Crippen LogP contribution in [0.25, 0.3) is 0 Å². The number of ether oxygens (including phenoxy) is 1. The van der Waals surface area contributed by atoms with Crippen molar-refractivity contribution in [3.05, 3.63) is 58.4 Å². The Kier molecular flexibility index (Phi) is 4.97. The summed E-state index contributed by atoms with van der Waals surface area (Å²) in [5, 5.41) is 3.40. The highest BCUT2D eigenvalue weighted by atomic mass is 16.5. The smallest absolute Gasteiger partial charge is 0.141 e. The molecule has 0 radical (unpaired) electrons. The Morgan fingerprint density at radius 1 is 1.19 bits per heavy atom. The lowest BCUT2D eigenvalue weighted by atomic mass is 9.92. The van der Waals surface area contributed by atoms with Gasteiger partial charge in [-0.2, -0.15) is 0 Å². The molecule has 0 amide bonds. The summed E-state index contributed by atoms with van der Waals surface area (Å²) in [6, 6.07) is 6.74. The van der Waals surface area contributed by atoms with Crippen molar-refractivity contribution in [3.63, 3.8) is 0 Å².